The highest BCUT2D eigenvalue weighted by atomic mass is 16.5. The Kier molecular flexibility index (Phi) is 6.88. The Hall–Kier alpha value is -4.07. The number of benzene rings is 2. The van der Waals surface area contributed by atoms with E-state index in [0.29, 0.717) is 17.0 Å². The van der Waals surface area contributed by atoms with E-state index in [9.17, 15) is 14.4 Å². The van der Waals surface area contributed by atoms with Gasteiger partial charge in [0.1, 0.15) is 18.0 Å². The predicted molar refractivity (Wildman–Crippen MR) is 142 cm³/mol. The molecule has 0 aromatic heterocycles. The van der Waals surface area contributed by atoms with E-state index in [4.69, 9.17) is 4.74 Å². The van der Waals surface area contributed by atoms with Crippen LogP contribution in [0.25, 0.3) is 11.6 Å². The third-order valence-electron chi connectivity index (χ3n) is 6.40. The number of amides is 4. The second-order valence-corrected chi connectivity index (χ2v) is 9.54. The number of methoxy groups -OCH3 is 1. The van der Waals surface area contributed by atoms with E-state index in [1.807, 2.05) is 18.2 Å². The van der Waals surface area contributed by atoms with Gasteiger partial charge in [-0.1, -0.05) is 31.2 Å². The van der Waals surface area contributed by atoms with Gasteiger partial charge in [0.2, 0.25) is 5.91 Å². The van der Waals surface area contributed by atoms with Gasteiger partial charge in [-0.05, 0) is 57.0 Å². The van der Waals surface area contributed by atoms with Crippen molar-refractivity contribution >= 4 is 40.9 Å². The second kappa shape index (κ2) is 9.89. The molecule has 0 atom stereocenters. The fraction of sp³-hybridized carbons (Fsp3) is 0.321. The van der Waals surface area contributed by atoms with Crippen LogP contribution in [0.5, 0.6) is 5.75 Å². The molecule has 0 aliphatic carbocycles. The van der Waals surface area contributed by atoms with Gasteiger partial charge in [0, 0.05) is 35.1 Å². The van der Waals surface area contributed by atoms with Crippen molar-refractivity contribution in [1.82, 2.24) is 10.2 Å². The van der Waals surface area contributed by atoms with Gasteiger partial charge in [0.05, 0.1) is 12.6 Å². The Morgan fingerprint density at radius 3 is 2.56 bits per heavy atom. The van der Waals surface area contributed by atoms with Gasteiger partial charge in [-0.15, -0.1) is 0 Å². The third-order valence-corrected chi connectivity index (χ3v) is 6.40. The van der Waals surface area contributed by atoms with Gasteiger partial charge >= 0.3 is 6.03 Å². The van der Waals surface area contributed by atoms with E-state index in [1.165, 1.54) is 0 Å². The molecule has 8 heteroatoms. The monoisotopic (exact) mass is 488 g/mol. The number of imide groups is 1. The quantitative estimate of drug-likeness (QED) is 0.438. The molecular formula is C28H32N4O4. The summed E-state index contributed by atoms with van der Waals surface area (Å²) in [5.41, 5.74) is 4.45. The number of para-hydroxylation sites is 1. The minimum Gasteiger partial charge on any atom is -0.496 e. The van der Waals surface area contributed by atoms with Gasteiger partial charge in [0.15, 0.2) is 0 Å². The molecule has 36 heavy (non-hydrogen) atoms. The highest BCUT2D eigenvalue weighted by Gasteiger charge is 2.36. The number of carbonyl (C=O) groups is 3. The first-order valence-electron chi connectivity index (χ1n) is 12.0. The number of nitrogens with one attached hydrogen (secondary N) is 2. The normalized spacial score (nSPS) is 17.6. The van der Waals surface area contributed by atoms with E-state index in [1.54, 1.807) is 37.5 Å². The SMILES string of the molecule is CCCN1c2cc(OC)c(/C=C3/NC(=O)N(CC(=O)Nc4ccccc4)C3=O)cc2C(C)=CC1(C)C. The van der Waals surface area contributed by atoms with Crippen LogP contribution in [-0.2, 0) is 9.59 Å². The highest BCUT2D eigenvalue weighted by molar-refractivity contribution is 6.16. The Bertz CT molecular complexity index is 1260. The van der Waals surface area contributed by atoms with Crippen LogP contribution in [0.4, 0.5) is 16.2 Å². The molecule has 2 aliphatic heterocycles. The largest absolute Gasteiger partial charge is 0.496 e. The van der Waals surface area contributed by atoms with Crippen molar-refractivity contribution in [2.45, 2.75) is 39.7 Å². The molecule has 8 nitrogen and oxygen atoms in total. The molecule has 4 amide bonds. The summed E-state index contributed by atoms with van der Waals surface area (Å²) >= 11 is 0. The molecule has 0 bridgehead atoms. The average Bonchev–Trinajstić information content (AvgIpc) is 3.09. The number of rotatable bonds is 7. The molecule has 1 saturated heterocycles. The van der Waals surface area contributed by atoms with Crippen LogP contribution in [0.1, 0.15) is 45.2 Å². The summed E-state index contributed by atoms with van der Waals surface area (Å²) in [6.45, 7) is 9.10. The van der Waals surface area contributed by atoms with Crippen molar-refractivity contribution in [2.75, 3.05) is 30.4 Å². The summed E-state index contributed by atoms with van der Waals surface area (Å²) in [6.07, 6.45) is 4.84. The van der Waals surface area contributed by atoms with Crippen LogP contribution < -0.4 is 20.3 Å². The zero-order valence-electron chi connectivity index (χ0n) is 21.3. The first-order chi connectivity index (χ1) is 17.1. The van der Waals surface area contributed by atoms with Crippen LogP contribution in [0, 0.1) is 0 Å². The van der Waals surface area contributed by atoms with Crippen LogP contribution in [-0.4, -0.2) is 48.5 Å². The maximum atomic E-state index is 13.0. The minimum atomic E-state index is -0.640. The van der Waals surface area contributed by atoms with Crippen LogP contribution >= 0.6 is 0 Å². The summed E-state index contributed by atoms with van der Waals surface area (Å²) in [4.78, 5) is 41.2. The van der Waals surface area contributed by atoms with Crippen molar-refractivity contribution in [3.8, 4) is 5.75 Å². The highest BCUT2D eigenvalue weighted by Crippen LogP contribution is 2.42. The molecule has 2 N–H and O–H groups in total. The lowest BCUT2D eigenvalue weighted by atomic mass is 9.87. The van der Waals surface area contributed by atoms with Gasteiger partial charge in [-0.2, -0.15) is 0 Å². The number of allylic oxidation sites excluding steroid dienone is 1. The zero-order chi connectivity index (χ0) is 26.0. The van der Waals surface area contributed by atoms with Crippen LogP contribution in [0.3, 0.4) is 0 Å². The molecule has 0 unspecified atom stereocenters. The fourth-order valence-electron chi connectivity index (χ4n) is 4.78. The summed E-state index contributed by atoms with van der Waals surface area (Å²) in [5, 5.41) is 5.28. The maximum Gasteiger partial charge on any atom is 0.329 e. The Labute approximate surface area is 211 Å². The molecule has 1 fully saturated rings. The summed E-state index contributed by atoms with van der Waals surface area (Å²) in [6, 6.07) is 12.2. The smallest absolute Gasteiger partial charge is 0.329 e. The van der Waals surface area contributed by atoms with Crippen molar-refractivity contribution in [1.29, 1.82) is 0 Å². The first kappa shape index (κ1) is 25.0. The van der Waals surface area contributed by atoms with Gasteiger partial charge in [-0.25, -0.2) is 9.69 Å². The van der Waals surface area contributed by atoms with Crippen LogP contribution in [0.2, 0.25) is 0 Å². The molecule has 0 spiro atoms. The van der Waals surface area contributed by atoms with Gasteiger partial charge in [-0.3, -0.25) is 9.59 Å². The molecule has 2 aromatic carbocycles. The Balaban J connectivity index is 1.61. The first-order valence-corrected chi connectivity index (χ1v) is 12.0. The van der Waals surface area contributed by atoms with Crippen molar-refractivity contribution in [3.63, 3.8) is 0 Å². The summed E-state index contributed by atoms with van der Waals surface area (Å²) in [7, 11) is 1.58. The molecule has 2 aliphatic rings. The molecule has 2 heterocycles. The molecule has 4 rings (SSSR count). The number of anilines is 2. The standard InChI is InChI=1S/C28H32N4O4/c1-6-12-32-23-15-24(36-5)19(13-21(23)18(2)16-28(32,3)4)14-22-26(34)31(27(35)30-22)17-25(33)29-20-10-8-7-9-11-20/h7-11,13-16H,6,12,17H2,1-5H3,(H,29,33)(H,30,35)/b22-14+. The number of urea groups is 1. The van der Waals surface area contributed by atoms with Crippen molar-refractivity contribution in [2.24, 2.45) is 0 Å². The van der Waals surface area contributed by atoms with Gasteiger partial charge < -0.3 is 20.3 Å². The third kappa shape index (κ3) is 4.84. The van der Waals surface area contributed by atoms with Crippen molar-refractivity contribution < 1.29 is 19.1 Å². The molecular weight excluding hydrogens is 456 g/mol. The van der Waals surface area contributed by atoms with Gasteiger partial charge in [0.25, 0.3) is 5.91 Å². The molecule has 2 aromatic rings. The summed E-state index contributed by atoms with van der Waals surface area (Å²) < 4.78 is 5.68. The Morgan fingerprint density at radius 1 is 1.17 bits per heavy atom. The zero-order valence-corrected chi connectivity index (χ0v) is 21.3. The number of fused-ring (bicyclic) bond motifs is 1. The number of hydrogen-bond acceptors (Lipinski definition) is 5. The lowest BCUT2D eigenvalue weighted by Gasteiger charge is -2.43. The topological polar surface area (TPSA) is 91.0 Å². The fourth-order valence-corrected chi connectivity index (χ4v) is 4.78. The number of hydrogen-bond donors (Lipinski definition) is 2. The molecule has 0 saturated carbocycles. The summed E-state index contributed by atoms with van der Waals surface area (Å²) in [5.74, 6) is -0.434. The maximum absolute atomic E-state index is 13.0. The number of ether oxygens (including phenoxy) is 1. The van der Waals surface area contributed by atoms with Crippen molar-refractivity contribution in [3.05, 3.63) is 65.4 Å². The number of nitrogens with zero attached hydrogens (tertiary/aromatic N) is 2. The number of carbonyl (C=O) groups excluding carboxylic acids is 3. The molecule has 188 valence electrons. The van der Waals surface area contributed by atoms with E-state index in [0.717, 1.165) is 34.7 Å². The molecule has 0 radical (unpaired) electrons. The van der Waals surface area contributed by atoms with E-state index >= 15 is 0 Å². The van der Waals surface area contributed by atoms with Crippen LogP contribution in [0.15, 0.2) is 54.2 Å². The van der Waals surface area contributed by atoms with E-state index in [-0.39, 0.29) is 17.8 Å². The average molecular weight is 489 g/mol. The minimum absolute atomic E-state index is 0.0916. The lowest BCUT2D eigenvalue weighted by molar-refractivity contribution is -0.127. The Morgan fingerprint density at radius 2 is 1.89 bits per heavy atom. The van der Waals surface area contributed by atoms with E-state index < -0.39 is 17.8 Å². The second-order valence-electron chi connectivity index (χ2n) is 9.54. The predicted octanol–water partition coefficient (Wildman–Crippen LogP) is 4.64. The van der Waals surface area contributed by atoms with E-state index in [2.05, 4.69) is 49.3 Å². The lowest BCUT2D eigenvalue weighted by Crippen LogP contribution is -2.45.